The third-order valence-electron chi connectivity index (χ3n) is 3.69. The number of hydrogen-bond acceptors (Lipinski definition) is 2. The molecule has 19 heavy (non-hydrogen) atoms. The number of carbonyl (C=O) groups excluding carboxylic acids is 1. The van der Waals surface area contributed by atoms with Crippen molar-refractivity contribution in [3.8, 4) is 0 Å². The molecule has 0 bridgehead atoms. The van der Waals surface area contributed by atoms with Crippen molar-refractivity contribution in [2.75, 3.05) is 20.1 Å². The van der Waals surface area contributed by atoms with Gasteiger partial charge >= 0.3 is 0 Å². The summed E-state index contributed by atoms with van der Waals surface area (Å²) in [5.41, 5.74) is 1.60. The fourth-order valence-electron chi connectivity index (χ4n) is 2.38. The lowest BCUT2D eigenvalue weighted by atomic mass is 10.0. The van der Waals surface area contributed by atoms with Crippen LogP contribution in [0.5, 0.6) is 0 Å². The zero-order valence-electron chi connectivity index (χ0n) is 11.3. The molecule has 1 saturated heterocycles. The van der Waals surface area contributed by atoms with E-state index in [9.17, 15) is 4.79 Å². The number of carbonyl (C=O) groups is 1. The maximum absolute atomic E-state index is 12.4. The Kier molecular flexibility index (Phi) is 6.11. The van der Waals surface area contributed by atoms with Crippen LogP contribution in [0.3, 0.4) is 0 Å². The molecule has 1 aromatic rings. The summed E-state index contributed by atoms with van der Waals surface area (Å²) < 4.78 is 0. The van der Waals surface area contributed by atoms with Crippen LogP contribution < -0.4 is 5.32 Å². The molecule has 0 radical (unpaired) electrons. The number of nitrogens with zero attached hydrogens (tertiary/aromatic N) is 1. The first-order valence-electron chi connectivity index (χ1n) is 6.35. The molecule has 1 fully saturated rings. The lowest BCUT2D eigenvalue weighted by Crippen LogP contribution is -2.44. The minimum Gasteiger partial charge on any atom is -0.339 e. The van der Waals surface area contributed by atoms with Gasteiger partial charge in [0.05, 0.1) is 0 Å². The van der Waals surface area contributed by atoms with Gasteiger partial charge in [-0.05, 0) is 44.5 Å². The van der Waals surface area contributed by atoms with Crippen LogP contribution in [0.25, 0.3) is 0 Å². The number of halogens is 2. The average molecular weight is 303 g/mol. The monoisotopic (exact) mass is 302 g/mol. The first-order valence-corrected chi connectivity index (χ1v) is 6.73. The lowest BCUT2D eigenvalue weighted by molar-refractivity contribution is 0.0706. The zero-order chi connectivity index (χ0) is 13.1. The molecule has 5 heteroatoms. The molecule has 1 heterocycles. The molecule has 0 spiro atoms. The molecule has 1 amide bonds. The molecule has 3 nitrogen and oxygen atoms in total. The second kappa shape index (κ2) is 7.13. The molecule has 1 N–H and O–H groups in total. The van der Waals surface area contributed by atoms with E-state index in [0.717, 1.165) is 37.1 Å². The minimum atomic E-state index is 0. The van der Waals surface area contributed by atoms with Crippen LogP contribution in [-0.2, 0) is 0 Å². The Morgan fingerprint density at radius 2 is 2.00 bits per heavy atom. The summed E-state index contributed by atoms with van der Waals surface area (Å²) in [5, 5.41) is 3.92. The van der Waals surface area contributed by atoms with E-state index in [1.807, 2.05) is 37.1 Å². The molecule has 0 aromatic heterocycles. The lowest BCUT2D eigenvalue weighted by Gasteiger charge is -2.32. The van der Waals surface area contributed by atoms with Crippen molar-refractivity contribution in [3.05, 3.63) is 34.3 Å². The van der Waals surface area contributed by atoms with Crippen molar-refractivity contribution in [1.82, 2.24) is 10.2 Å². The van der Waals surface area contributed by atoms with E-state index in [0.29, 0.717) is 11.1 Å². The highest BCUT2D eigenvalue weighted by atomic mass is 35.5. The summed E-state index contributed by atoms with van der Waals surface area (Å²) >= 11 is 6.06. The van der Waals surface area contributed by atoms with Gasteiger partial charge in [-0.2, -0.15) is 0 Å². The number of piperidine rings is 1. The molecule has 0 saturated carbocycles. The number of likely N-dealkylation sites (tertiary alicyclic amines) is 1. The normalized spacial score (nSPS) is 16.1. The van der Waals surface area contributed by atoms with Crippen LogP contribution in [0.15, 0.2) is 18.2 Å². The third-order valence-corrected chi connectivity index (χ3v) is 4.10. The number of amides is 1. The van der Waals surface area contributed by atoms with Crippen molar-refractivity contribution in [1.29, 1.82) is 0 Å². The van der Waals surface area contributed by atoms with Gasteiger partial charge in [-0.25, -0.2) is 0 Å². The third kappa shape index (κ3) is 3.62. The summed E-state index contributed by atoms with van der Waals surface area (Å²) in [7, 11) is 1.98. The van der Waals surface area contributed by atoms with Gasteiger partial charge in [0.25, 0.3) is 5.91 Å². The second-order valence-corrected chi connectivity index (χ2v) is 5.17. The van der Waals surface area contributed by atoms with E-state index in [1.165, 1.54) is 0 Å². The summed E-state index contributed by atoms with van der Waals surface area (Å²) in [6.07, 6.45) is 2.03. The van der Waals surface area contributed by atoms with Crippen LogP contribution >= 0.6 is 24.0 Å². The van der Waals surface area contributed by atoms with Crippen molar-refractivity contribution in [2.24, 2.45) is 0 Å². The largest absolute Gasteiger partial charge is 0.339 e. The van der Waals surface area contributed by atoms with E-state index in [2.05, 4.69) is 5.32 Å². The maximum atomic E-state index is 12.4. The van der Waals surface area contributed by atoms with Gasteiger partial charge in [0.15, 0.2) is 0 Å². The molecule has 1 aromatic carbocycles. The Hall–Kier alpha value is -0.770. The molecule has 2 rings (SSSR count). The van der Waals surface area contributed by atoms with E-state index < -0.39 is 0 Å². The summed E-state index contributed by atoms with van der Waals surface area (Å²) in [6, 6.07) is 6.05. The van der Waals surface area contributed by atoms with Gasteiger partial charge in [0.2, 0.25) is 0 Å². The fourth-order valence-corrected chi connectivity index (χ4v) is 2.56. The minimum absolute atomic E-state index is 0. The van der Waals surface area contributed by atoms with Crippen LogP contribution in [0, 0.1) is 6.92 Å². The van der Waals surface area contributed by atoms with E-state index >= 15 is 0 Å². The Morgan fingerprint density at radius 3 is 2.58 bits per heavy atom. The smallest absolute Gasteiger partial charge is 0.254 e. The highest BCUT2D eigenvalue weighted by Gasteiger charge is 2.23. The summed E-state index contributed by atoms with van der Waals surface area (Å²) in [5.74, 6) is 0.101. The quantitative estimate of drug-likeness (QED) is 0.911. The van der Waals surface area contributed by atoms with Crippen LogP contribution in [-0.4, -0.2) is 37.0 Å². The molecule has 1 aliphatic rings. The first-order chi connectivity index (χ1) is 8.63. The number of benzene rings is 1. The van der Waals surface area contributed by atoms with Crippen molar-refractivity contribution in [2.45, 2.75) is 25.8 Å². The Morgan fingerprint density at radius 1 is 1.37 bits per heavy atom. The van der Waals surface area contributed by atoms with Crippen molar-refractivity contribution < 1.29 is 4.79 Å². The van der Waals surface area contributed by atoms with Gasteiger partial charge in [-0.1, -0.05) is 17.7 Å². The topological polar surface area (TPSA) is 32.3 Å². The molecular formula is C14H20Cl2N2O. The highest BCUT2D eigenvalue weighted by Crippen LogP contribution is 2.21. The van der Waals surface area contributed by atoms with Gasteiger partial charge in [0.1, 0.15) is 0 Å². The summed E-state index contributed by atoms with van der Waals surface area (Å²) in [6.45, 7) is 3.53. The predicted molar refractivity (Wildman–Crippen MR) is 81.4 cm³/mol. The summed E-state index contributed by atoms with van der Waals surface area (Å²) in [4.78, 5) is 14.3. The molecule has 0 aliphatic carbocycles. The fraction of sp³-hybridized carbons (Fsp3) is 0.500. The standard InChI is InChI=1S/C14H19ClN2O.ClH/c1-10-12(4-3-5-13(10)15)14(18)17-8-6-11(16-2)7-9-17;/h3-5,11,16H,6-9H2,1-2H3;1H. The van der Waals surface area contributed by atoms with Crippen LogP contribution in [0.2, 0.25) is 5.02 Å². The number of rotatable bonds is 2. The van der Waals surface area contributed by atoms with E-state index in [4.69, 9.17) is 11.6 Å². The molecule has 0 unspecified atom stereocenters. The Balaban J connectivity index is 0.00000180. The zero-order valence-corrected chi connectivity index (χ0v) is 12.9. The van der Waals surface area contributed by atoms with Gasteiger partial charge in [-0.15, -0.1) is 12.4 Å². The first kappa shape index (κ1) is 16.3. The molecular weight excluding hydrogens is 283 g/mol. The molecule has 0 atom stereocenters. The Bertz CT molecular complexity index is 443. The van der Waals surface area contributed by atoms with E-state index in [1.54, 1.807) is 0 Å². The van der Waals surface area contributed by atoms with Crippen LogP contribution in [0.4, 0.5) is 0 Å². The number of hydrogen-bond donors (Lipinski definition) is 1. The molecule has 106 valence electrons. The van der Waals surface area contributed by atoms with Gasteiger partial charge < -0.3 is 10.2 Å². The predicted octanol–water partition coefficient (Wildman–Crippen LogP) is 2.89. The van der Waals surface area contributed by atoms with Crippen LogP contribution in [0.1, 0.15) is 28.8 Å². The maximum Gasteiger partial charge on any atom is 0.254 e. The van der Waals surface area contributed by atoms with Crippen molar-refractivity contribution in [3.63, 3.8) is 0 Å². The Labute approximate surface area is 125 Å². The second-order valence-electron chi connectivity index (χ2n) is 4.77. The van der Waals surface area contributed by atoms with Gasteiger partial charge in [0, 0.05) is 29.7 Å². The molecule has 1 aliphatic heterocycles. The number of nitrogens with one attached hydrogen (secondary N) is 1. The average Bonchev–Trinajstić information content (AvgIpc) is 2.41. The SMILES string of the molecule is CNC1CCN(C(=O)c2cccc(Cl)c2C)CC1.Cl. The van der Waals surface area contributed by atoms with Gasteiger partial charge in [-0.3, -0.25) is 4.79 Å². The van der Waals surface area contributed by atoms with Crippen molar-refractivity contribution >= 4 is 29.9 Å². The highest BCUT2D eigenvalue weighted by molar-refractivity contribution is 6.31. The van der Waals surface area contributed by atoms with E-state index in [-0.39, 0.29) is 18.3 Å².